The summed E-state index contributed by atoms with van der Waals surface area (Å²) in [5, 5.41) is 13.8. The molecule has 0 saturated carbocycles. The van der Waals surface area contributed by atoms with Gasteiger partial charge in [-0.05, 0) is 61.4 Å². The molecule has 2 aromatic rings. The second-order valence-corrected chi connectivity index (χ2v) is 12.1. The van der Waals surface area contributed by atoms with E-state index in [9.17, 15) is 19.5 Å². The van der Waals surface area contributed by atoms with Crippen LogP contribution in [0.3, 0.4) is 0 Å². The van der Waals surface area contributed by atoms with Crippen LogP contribution in [0, 0.1) is 0 Å². The Morgan fingerprint density at radius 3 is 2.52 bits per heavy atom. The Balaban J connectivity index is 1.58. The molecule has 2 heterocycles. The Labute approximate surface area is 200 Å². The van der Waals surface area contributed by atoms with Crippen molar-refractivity contribution in [2.45, 2.75) is 48.5 Å². The summed E-state index contributed by atoms with van der Waals surface area (Å²) in [5.41, 5.74) is 5.67. The minimum atomic E-state index is -1.21. The van der Waals surface area contributed by atoms with Gasteiger partial charge in [-0.3, -0.25) is 9.59 Å². The molecule has 4 rings (SSSR count). The highest BCUT2D eigenvalue weighted by molar-refractivity contribution is 9.10. The van der Waals surface area contributed by atoms with Gasteiger partial charge in [0, 0.05) is 13.7 Å². The molecule has 2 saturated heterocycles. The lowest BCUT2D eigenvalue weighted by Crippen LogP contribution is -2.78. The zero-order chi connectivity index (χ0) is 22.9. The van der Waals surface area contributed by atoms with E-state index >= 15 is 0 Å². The molecule has 2 aliphatic rings. The summed E-state index contributed by atoms with van der Waals surface area (Å²) in [7, 11) is 0. The average Bonchev–Trinajstić information content (AvgIpc) is 2.96. The number of amides is 2. The SMILES string of the molecule is CC1(C)S[C@H]2N(C(=O)C2(C)NC(=O)C(N)c2cc3ccc(Br)cc3cc2Br)[C@H]1C(=O)O. The van der Waals surface area contributed by atoms with Crippen LogP contribution in [-0.2, 0) is 14.4 Å². The zero-order valence-corrected chi connectivity index (χ0v) is 21.0. The number of halogens is 2. The number of aliphatic carboxylic acids is 1. The fourth-order valence-electron chi connectivity index (χ4n) is 4.31. The molecule has 0 aromatic heterocycles. The Kier molecular flexibility index (Phi) is 5.44. The number of carbonyl (C=O) groups excluding carboxylic acids is 2. The summed E-state index contributed by atoms with van der Waals surface area (Å²) < 4.78 is 0.959. The third kappa shape index (κ3) is 3.48. The number of benzene rings is 2. The number of nitrogens with zero attached hydrogens (tertiary/aromatic N) is 1. The number of nitrogens with one attached hydrogen (secondary N) is 1. The topological polar surface area (TPSA) is 113 Å². The van der Waals surface area contributed by atoms with Gasteiger partial charge in [0.2, 0.25) is 5.91 Å². The van der Waals surface area contributed by atoms with E-state index in [-0.39, 0.29) is 0 Å². The molecule has 4 N–H and O–H groups in total. The number of fused-ring (bicyclic) bond motifs is 2. The van der Waals surface area contributed by atoms with Gasteiger partial charge in [0.25, 0.3) is 5.91 Å². The number of hydrogen-bond donors (Lipinski definition) is 3. The van der Waals surface area contributed by atoms with Gasteiger partial charge in [-0.1, -0.05) is 37.9 Å². The summed E-state index contributed by atoms with van der Waals surface area (Å²) in [6.07, 6.45) is 0. The van der Waals surface area contributed by atoms with Gasteiger partial charge in [-0.15, -0.1) is 11.8 Å². The lowest BCUT2D eigenvalue weighted by atomic mass is 9.85. The largest absolute Gasteiger partial charge is 0.480 e. The number of carbonyl (C=O) groups is 3. The molecule has 7 nitrogen and oxygen atoms in total. The van der Waals surface area contributed by atoms with Crippen LogP contribution >= 0.6 is 43.6 Å². The molecular formula is C21H21Br2N3O4S. The zero-order valence-electron chi connectivity index (χ0n) is 17.0. The van der Waals surface area contributed by atoms with E-state index in [0.29, 0.717) is 10.0 Å². The van der Waals surface area contributed by atoms with Gasteiger partial charge in [-0.25, -0.2) is 4.79 Å². The normalized spacial score (nSPS) is 27.5. The van der Waals surface area contributed by atoms with Gasteiger partial charge in [0.1, 0.15) is 23.0 Å². The summed E-state index contributed by atoms with van der Waals surface area (Å²) in [6.45, 7) is 5.21. The van der Waals surface area contributed by atoms with Crippen molar-refractivity contribution in [3.05, 3.63) is 44.8 Å². The number of nitrogens with two attached hydrogens (primary N) is 1. The molecule has 31 heavy (non-hydrogen) atoms. The van der Waals surface area contributed by atoms with Crippen LogP contribution in [0.4, 0.5) is 0 Å². The van der Waals surface area contributed by atoms with Crippen molar-refractivity contribution in [2.75, 3.05) is 0 Å². The van der Waals surface area contributed by atoms with Crippen molar-refractivity contribution in [3.63, 3.8) is 0 Å². The maximum atomic E-state index is 13.0. The number of carboxylic acid groups (broad SMARTS) is 1. The highest BCUT2D eigenvalue weighted by Gasteiger charge is 2.70. The fraction of sp³-hybridized carbons (Fsp3) is 0.381. The summed E-state index contributed by atoms with van der Waals surface area (Å²) in [6, 6.07) is 7.60. The Morgan fingerprint density at radius 2 is 1.87 bits per heavy atom. The third-order valence-corrected chi connectivity index (χ3v) is 8.86. The minimum Gasteiger partial charge on any atom is -0.480 e. The molecule has 2 amide bonds. The highest BCUT2D eigenvalue weighted by atomic mass is 79.9. The maximum absolute atomic E-state index is 13.0. The molecule has 2 unspecified atom stereocenters. The summed E-state index contributed by atoms with van der Waals surface area (Å²) in [5.74, 6) is -1.96. The van der Waals surface area contributed by atoms with Gasteiger partial charge >= 0.3 is 5.97 Å². The predicted molar refractivity (Wildman–Crippen MR) is 127 cm³/mol. The number of β-lactam (4-membered cyclic amide) rings is 1. The van der Waals surface area contributed by atoms with E-state index in [1.54, 1.807) is 20.8 Å². The molecule has 0 aliphatic carbocycles. The van der Waals surface area contributed by atoms with E-state index in [4.69, 9.17) is 5.73 Å². The van der Waals surface area contributed by atoms with Crippen LogP contribution in [0.2, 0.25) is 0 Å². The van der Waals surface area contributed by atoms with Gasteiger partial charge in [0.15, 0.2) is 0 Å². The van der Waals surface area contributed by atoms with E-state index < -0.39 is 45.5 Å². The van der Waals surface area contributed by atoms with Crippen LogP contribution in [0.5, 0.6) is 0 Å². The lowest BCUT2D eigenvalue weighted by Gasteiger charge is -2.51. The Hall–Kier alpha value is -1.62. The second kappa shape index (κ2) is 7.47. The first-order valence-corrected chi connectivity index (χ1v) is 12.0. The molecule has 0 radical (unpaired) electrons. The highest BCUT2D eigenvalue weighted by Crippen LogP contribution is 2.54. The second-order valence-electron chi connectivity index (χ2n) is 8.56. The predicted octanol–water partition coefficient (Wildman–Crippen LogP) is 3.39. The number of carboxylic acids is 1. The molecule has 2 aromatic carbocycles. The minimum absolute atomic E-state index is 0.411. The van der Waals surface area contributed by atoms with Crippen molar-refractivity contribution < 1.29 is 19.5 Å². The van der Waals surface area contributed by atoms with Crippen molar-refractivity contribution in [2.24, 2.45) is 5.73 Å². The van der Waals surface area contributed by atoms with E-state index in [0.717, 1.165) is 15.2 Å². The van der Waals surface area contributed by atoms with E-state index in [2.05, 4.69) is 37.2 Å². The van der Waals surface area contributed by atoms with Gasteiger partial charge < -0.3 is 21.1 Å². The molecule has 0 spiro atoms. The van der Waals surface area contributed by atoms with Gasteiger partial charge in [-0.2, -0.15) is 0 Å². The van der Waals surface area contributed by atoms with Crippen molar-refractivity contribution in [3.8, 4) is 0 Å². The van der Waals surface area contributed by atoms with E-state index in [1.165, 1.54) is 16.7 Å². The first kappa shape index (κ1) is 22.6. The van der Waals surface area contributed by atoms with E-state index in [1.807, 2.05) is 30.3 Å². The van der Waals surface area contributed by atoms with Gasteiger partial charge in [0.05, 0.1) is 0 Å². The fourth-order valence-corrected chi connectivity index (χ4v) is 6.94. The summed E-state index contributed by atoms with van der Waals surface area (Å²) >= 11 is 8.32. The molecule has 2 fully saturated rings. The lowest BCUT2D eigenvalue weighted by molar-refractivity contribution is -0.168. The smallest absolute Gasteiger partial charge is 0.327 e. The summed E-state index contributed by atoms with van der Waals surface area (Å²) in [4.78, 5) is 39.0. The number of thioether (sulfide) groups is 1. The van der Waals surface area contributed by atoms with Crippen molar-refractivity contribution >= 4 is 72.2 Å². The maximum Gasteiger partial charge on any atom is 0.327 e. The first-order chi connectivity index (χ1) is 14.4. The van der Waals surface area contributed by atoms with Crippen LogP contribution in [0.15, 0.2) is 39.3 Å². The first-order valence-electron chi connectivity index (χ1n) is 9.56. The van der Waals surface area contributed by atoms with Crippen LogP contribution in [-0.4, -0.2) is 49.5 Å². The molecule has 0 bridgehead atoms. The average molecular weight is 571 g/mol. The number of hydrogen-bond acceptors (Lipinski definition) is 5. The van der Waals surface area contributed by atoms with Crippen LogP contribution in [0.25, 0.3) is 10.8 Å². The van der Waals surface area contributed by atoms with Crippen molar-refractivity contribution in [1.29, 1.82) is 0 Å². The third-order valence-electron chi connectivity index (χ3n) is 5.93. The Morgan fingerprint density at radius 1 is 1.19 bits per heavy atom. The quantitative estimate of drug-likeness (QED) is 0.486. The van der Waals surface area contributed by atoms with Crippen LogP contribution < -0.4 is 11.1 Å². The monoisotopic (exact) mass is 569 g/mol. The standard InChI is InChI=1S/C21H21Br2N3O4S/c1-20(2)15(17(28)29)26-18(30)21(3,19(26)31-20)25-16(27)14(24)12-7-9-4-5-11(22)6-10(9)8-13(12)23/h4-8,14-15,19H,24H2,1-3H3,(H,25,27)(H,28,29)/t14?,15-,19+,21?/m0/s1. The van der Waals surface area contributed by atoms with Crippen LogP contribution in [0.1, 0.15) is 32.4 Å². The molecule has 10 heteroatoms. The molecule has 2 aliphatic heterocycles. The molecular weight excluding hydrogens is 550 g/mol. The molecule has 4 atom stereocenters. The molecule has 164 valence electrons. The number of rotatable bonds is 4. The van der Waals surface area contributed by atoms with Crippen molar-refractivity contribution in [1.82, 2.24) is 10.2 Å². The Bertz CT molecular complexity index is 1140.